The highest BCUT2D eigenvalue weighted by molar-refractivity contribution is 7.80. The van der Waals surface area contributed by atoms with E-state index in [2.05, 4.69) is 16.0 Å². The summed E-state index contributed by atoms with van der Waals surface area (Å²) in [5.74, 6) is 0.885. The molecule has 0 bridgehead atoms. The summed E-state index contributed by atoms with van der Waals surface area (Å²) in [6.45, 7) is 3.18. The molecule has 0 atom stereocenters. The molecular formula is C25H25N3O4S. The van der Waals surface area contributed by atoms with E-state index in [1.165, 1.54) is 0 Å². The standard InChI is InChI=1S/C25H25N3O4S/c1-2-26-23(29)19-7-6-8-20(17-19)27-25(33)28-24(30)18-11-13-22(14-12-18)32-16-15-31-21-9-4-3-5-10-21/h3-14,17H,2,15-16H2,1H3,(H,26,29)(H2,27,28,30,33). The molecule has 7 nitrogen and oxygen atoms in total. The summed E-state index contributed by atoms with van der Waals surface area (Å²) in [4.78, 5) is 24.4. The molecule has 0 unspecified atom stereocenters. The molecule has 0 aliphatic heterocycles. The van der Waals surface area contributed by atoms with Crippen molar-refractivity contribution < 1.29 is 19.1 Å². The Bertz CT molecular complexity index is 1090. The van der Waals surface area contributed by atoms with Gasteiger partial charge in [-0.3, -0.25) is 14.9 Å². The molecule has 2 amide bonds. The number of para-hydroxylation sites is 1. The van der Waals surface area contributed by atoms with Crippen LogP contribution < -0.4 is 25.4 Å². The first-order chi connectivity index (χ1) is 16.0. The quantitative estimate of drug-likeness (QED) is 0.328. The number of hydrogen-bond acceptors (Lipinski definition) is 5. The second-order valence-electron chi connectivity index (χ2n) is 6.88. The zero-order chi connectivity index (χ0) is 23.5. The Morgan fingerprint density at radius 1 is 0.788 bits per heavy atom. The molecule has 0 fully saturated rings. The van der Waals surface area contributed by atoms with Crippen LogP contribution in [0.1, 0.15) is 27.6 Å². The van der Waals surface area contributed by atoms with Crippen LogP contribution in [0.15, 0.2) is 78.9 Å². The Morgan fingerprint density at radius 2 is 1.45 bits per heavy atom. The molecule has 3 N–H and O–H groups in total. The van der Waals surface area contributed by atoms with E-state index in [4.69, 9.17) is 21.7 Å². The van der Waals surface area contributed by atoms with Crippen molar-refractivity contribution in [1.82, 2.24) is 10.6 Å². The minimum absolute atomic E-state index is 0.131. The first-order valence-electron chi connectivity index (χ1n) is 10.5. The molecule has 0 aromatic heterocycles. The average molecular weight is 464 g/mol. The number of benzene rings is 3. The zero-order valence-electron chi connectivity index (χ0n) is 18.2. The lowest BCUT2D eigenvalue weighted by molar-refractivity contribution is 0.0953. The molecule has 170 valence electrons. The number of carbonyl (C=O) groups is 2. The van der Waals surface area contributed by atoms with E-state index in [9.17, 15) is 9.59 Å². The monoisotopic (exact) mass is 463 g/mol. The van der Waals surface area contributed by atoms with E-state index < -0.39 is 0 Å². The van der Waals surface area contributed by atoms with Gasteiger partial charge in [-0.1, -0.05) is 24.3 Å². The van der Waals surface area contributed by atoms with Crippen molar-refractivity contribution in [3.63, 3.8) is 0 Å². The van der Waals surface area contributed by atoms with Gasteiger partial charge in [-0.2, -0.15) is 0 Å². The molecule has 8 heteroatoms. The topological polar surface area (TPSA) is 88.7 Å². The minimum Gasteiger partial charge on any atom is -0.490 e. The van der Waals surface area contributed by atoms with Crippen LogP contribution in [0.25, 0.3) is 0 Å². The van der Waals surface area contributed by atoms with Crippen molar-refractivity contribution in [3.8, 4) is 11.5 Å². The van der Waals surface area contributed by atoms with Crippen LogP contribution in [0.4, 0.5) is 5.69 Å². The molecule has 0 saturated carbocycles. The molecule has 3 rings (SSSR count). The smallest absolute Gasteiger partial charge is 0.257 e. The number of nitrogens with one attached hydrogen (secondary N) is 3. The Balaban J connectivity index is 1.45. The molecule has 3 aromatic rings. The lowest BCUT2D eigenvalue weighted by Gasteiger charge is -2.11. The van der Waals surface area contributed by atoms with Gasteiger partial charge in [0.15, 0.2) is 5.11 Å². The Labute approximate surface area is 198 Å². The molecule has 0 saturated heterocycles. The fraction of sp³-hybridized carbons (Fsp3) is 0.160. The molecule has 0 aliphatic carbocycles. The second kappa shape index (κ2) is 12.2. The fourth-order valence-electron chi connectivity index (χ4n) is 2.88. The summed E-state index contributed by atoms with van der Waals surface area (Å²) in [6, 6.07) is 23.1. The predicted molar refractivity (Wildman–Crippen MR) is 132 cm³/mol. The predicted octanol–water partition coefficient (Wildman–Crippen LogP) is 4.02. The van der Waals surface area contributed by atoms with Crippen LogP contribution >= 0.6 is 12.2 Å². The third-order valence-electron chi connectivity index (χ3n) is 4.43. The highest BCUT2D eigenvalue weighted by Gasteiger charge is 2.10. The van der Waals surface area contributed by atoms with Crippen LogP contribution in [-0.2, 0) is 0 Å². The summed E-state index contributed by atoms with van der Waals surface area (Å²) in [5, 5.41) is 8.42. The Hall–Kier alpha value is -3.91. The van der Waals surface area contributed by atoms with E-state index in [0.717, 1.165) is 5.75 Å². The number of thiocarbonyl (C=S) groups is 1. The molecule has 0 spiro atoms. The van der Waals surface area contributed by atoms with Gasteiger partial charge in [0.2, 0.25) is 0 Å². The van der Waals surface area contributed by atoms with Crippen molar-refractivity contribution in [2.75, 3.05) is 25.1 Å². The Morgan fingerprint density at radius 3 is 2.12 bits per heavy atom. The maximum absolute atomic E-state index is 12.5. The largest absolute Gasteiger partial charge is 0.490 e. The van der Waals surface area contributed by atoms with Gasteiger partial charge in [-0.25, -0.2) is 0 Å². The zero-order valence-corrected chi connectivity index (χ0v) is 19.0. The molecule has 0 heterocycles. The van der Waals surface area contributed by atoms with Crippen LogP contribution in [-0.4, -0.2) is 36.7 Å². The molecule has 0 aliphatic rings. The molecule has 0 radical (unpaired) electrons. The van der Waals surface area contributed by atoms with Crippen molar-refractivity contribution in [2.24, 2.45) is 0 Å². The lowest BCUT2D eigenvalue weighted by Crippen LogP contribution is -2.34. The van der Waals surface area contributed by atoms with Crippen LogP contribution in [0.3, 0.4) is 0 Å². The van der Waals surface area contributed by atoms with Gasteiger partial charge in [-0.15, -0.1) is 0 Å². The lowest BCUT2D eigenvalue weighted by atomic mass is 10.2. The molecular weight excluding hydrogens is 438 g/mol. The van der Waals surface area contributed by atoms with Crippen molar-refractivity contribution in [3.05, 3.63) is 90.0 Å². The van der Waals surface area contributed by atoms with Gasteiger partial charge in [0, 0.05) is 23.4 Å². The normalized spacial score (nSPS) is 10.1. The SMILES string of the molecule is CCNC(=O)c1cccc(NC(=S)NC(=O)c2ccc(OCCOc3ccccc3)cc2)c1. The summed E-state index contributed by atoms with van der Waals surface area (Å²) in [7, 11) is 0. The van der Waals surface area contributed by atoms with Gasteiger partial charge >= 0.3 is 0 Å². The first-order valence-corrected chi connectivity index (χ1v) is 10.9. The van der Waals surface area contributed by atoms with E-state index in [-0.39, 0.29) is 16.9 Å². The Kier molecular flexibility index (Phi) is 8.79. The summed E-state index contributed by atoms with van der Waals surface area (Å²) >= 11 is 5.23. The highest BCUT2D eigenvalue weighted by atomic mass is 32.1. The van der Waals surface area contributed by atoms with E-state index >= 15 is 0 Å². The van der Waals surface area contributed by atoms with E-state index in [1.54, 1.807) is 48.5 Å². The summed E-state index contributed by atoms with van der Waals surface area (Å²) in [5.41, 5.74) is 1.54. The minimum atomic E-state index is -0.355. The van der Waals surface area contributed by atoms with Crippen LogP contribution in [0.2, 0.25) is 0 Å². The van der Waals surface area contributed by atoms with Crippen molar-refractivity contribution in [2.45, 2.75) is 6.92 Å². The van der Waals surface area contributed by atoms with E-state index in [1.807, 2.05) is 37.3 Å². The summed E-state index contributed by atoms with van der Waals surface area (Å²) in [6.07, 6.45) is 0. The van der Waals surface area contributed by atoms with Crippen molar-refractivity contribution in [1.29, 1.82) is 0 Å². The fourth-order valence-corrected chi connectivity index (χ4v) is 3.09. The third-order valence-corrected chi connectivity index (χ3v) is 4.63. The van der Waals surface area contributed by atoms with Crippen LogP contribution in [0.5, 0.6) is 11.5 Å². The first kappa shape index (κ1) is 23.7. The molecule has 3 aromatic carbocycles. The van der Waals surface area contributed by atoms with Crippen LogP contribution in [0, 0.1) is 0 Å². The second-order valence-corrected chi connectivity index (χ2v) is 7.29. The number of ether oxygens (including phenoxy) is 2. The molecule has 33 heavy (non-hydrogen) atoms. The van der Waals surface area contributed by atoms with Gasteiger partial charge < -0.3 is 20.1 Å². The number of anilines is 1. The maximum Gasteiger partial charge on any atom is 0.257 e. The number of rotatable bonds is 9. The van der Waals surface area contributed by atoms with Gasteiger partial charge in [0.1, 0.15) is 24.7 Å². The maximum atomic E-state index is 12.5. The van der Waals surface area contributed by atoms with Gasteiger partial charge in [0.25, 0.3) is 11.8 Å². The van der Waals surface area contributed by atoms with E-state index in [0.29, 0.717) is 42.3 Å². The summed E-state index contributed by atoms with van der Waals surface area (Å²) < 4.78 is 11.2. The third kappa shape index (κ3) is 7.62. The van der Waals surface area contributed by atoms with Gasteiger partial charge in [0.05, 0.1) is 0 Å². The number of carbonyl (C=O) groups excluding carboxylic acids is 2. The highest BCUT2D eigenvalue weighted by Crippen LogP contribution is 2.14. The van der Waals surface area contributed by atoms with Crippen molar-refractivity contribution >= 4 is 34.8 Å². The number of hydrogen-bond donors (Lipinski definition) is 3. The average Bonchev–Trinajstić information content (AvgIpc) is 2.83. The number of amides is 2. The van der Waals surface area contributed by atoms with Gasteiger partial charge in [-0.05, 0) is 73.7 Å².